The molecule has 0 unspecified atom stereocenters. The minimum atomic E-state index is -0.146. The van der Waals surface area contributed by atoms with Crippen molar-refractivity contribution in [2.75, 3.05) is 39.5 Å². The Balaban J connectivity index is 1.28. The van der Waals surface area contributed by atoms with Gasteiger partial charge in [0.15, 0.2) is 0 Å². The Bertz CT molecular complexity index is 803. The second-order valence-electron chi connectivity index (χ2n) is 7.69. The van der Waals surface area contributed by atoms with E-state index < -0.39 is 0 Å². The van der Waals surface area contributed by atoms with Crippen molar-refractivity contribution in [2.45, 2.75) is 31.6 Å². The molecule has 0 saturated carbocycles. The number of aromatic nitrogens is 1. The molecule has 0 bridgehead atoms. The number of hydrogen-bond acceptors (Lipinski definition) is 6. The fourth-order valence-corrected chi connectivity index (χ4v) is 3.80. The van der Waals surface area contributed by atoms with Crippen LogP contribution in [-0.2, 0) is 16.0 Å². The maximum Gasteiger partial charge on any atom is 0.255 e. The zero-order valence-electron chi connectivity index (χ0n) is 17.2. The van der Waals surface area contributed by atoms with Crippen molar-refractivity contribution in [3.8, 4) is 5.75 Å². The fraction of sp³-hybridized carbons (Fsp3) is 0.478. The molecule has 7 heteroatoms. The van der Waals surface area contributed by atoms with Gasteiger partial charge in [0.1, 0.15) is 11.9 Å². The molecule has 2 fully saturated rings. The summed E-state index contributed by atoms with van der Waals surface area (Å²) in [4.78, 5) is 19.5. The topological polar surface area (TPSA) is 72.9 Å². The van der Waals surface area contributed by atoms with Crippen LogP contribution in [0.3, 0.4) is 0 Å². The average molecular weight is 412 g/mol. The third-order valence-corrected chi connectivity index (χ3v) is 5.45. The molecule has 2 saturated heterocycles. The molecule has 2 aromatic rings. The first kappa shape index (κ1) is 20.8. The molecule has 4 rings (SSSR count). The van der Waals surface area contributed by atoms with E-state index in [4.69, 9.17) is 14.2 Å². The van der Waals surface area contributed by atoms with Crippen LogP contribution in [0.15, 0.2) is 48.7 Å². The number of rotatable bonds is 7. The summed E-state index contributed by atoms with van der Waals surface area (Å²) >= 11 is 0. The molecule has 0 aliphatic carbocycles. The van der Waals surface area contributed by atoms with E-state index >= 15 is 0 Å². The largest absolute Gasteiger partial charge is 0.489 e. The Hall–Kier alpha value is -2.48. The number of hydrogen-bond donors (Lipinski definition) is 1. The quantitative estimate of drug-likeness (QED) is 0.754. The lowest BCUT2D eigenvalue weighted by atomic mass is 10.1. The molecule has 2 aliphatic heterocycles. The molecule has 1 N–H and O–H groups in total. The molecule has 0 radical (unpaired) electrons. The number of benzene rings is 1. The monoisotopic (exact) mass is 411 g/mol. The van der Waals surface area contributed by atoms with Gasteiger partial charge in [0.05, 0.1) is 37.2 Å². The Morgan fingerprint density at radius 3 is 2.73 bits per heavy atom. The summed E-state index contributed by atoms with van der Waals surface area (Å²) in [6.07, 6.45) is 3.69. The predicted octanol–water partition coefficient (Wildman–Crippen LogP) is 2.27. The highest BCUT2D eigenvalue weighted by molar-refractivity contribution is 5.96. The highest BCUT2D eigenvalue weighted by Crippen LogP contribution is 2.23. The van der Waals surface area contributed by atoms with Crippen LogP contribution in [-0.4, -0.2) is 67.5 Å². The Morgan fingerprint density at radius 1 is 1.13 bits per heavy atom. The highest BCUT2D eigenvalue weighted by atomic mass is 16.6. The number of nitrogens with zero attached hydrogens (tertiary/aromatic N) is 2. The van der Waals surface area contributed by atoms with Gasteiger partial charge in [-0.1, -0.05) is 18.2 Å². The van der Waals surface area contributed by atoms with Gasteiger partial charge in [-0.25, -0.2) is 0 Å². The van der Waals surface area contributed by atoms with Crippen LogP contribution in [0.2, 0.25) is 0 Å². The van der Waals surface area contributed by atoms with Crippen molar-refractivity contribution in [2.24, 2.45) is 0 Å². The number of ether oxygens (including phenoxy) is 3. The van der Waals surface area contributed by atoms with Gasteiger partial charge < -0.3 is 19.5 Å². The van der Waals surface area contributed by atoms with E-state index in [-0.39, 0.29) is 18.1 Å². The normalized spacial score (nSPS) is 20.6. The summed E-state index contributed by atoms with van der Waals surface area (Å²) in [5, 5.41) is 2.94. The summed E-state index contributed by atoms with van der Waals surface area (Å²) in [7, 11) is 0. The number of carbonyl (C=O) groups is 1. The summed E-state index contributed by atoms with van der Waals surface area (Å²) in [5.41, 5.74) is 1.65. The molecule has 3 heterocycles. The van der Waals surface area contributed by atoms with Gasteiger partial charge in [-0.3, -0.25) is 14.7 Å². The van der Waals surface area contributed by atoms with Crippen molar-refractivity contribution in [3.05, 3.63) is 59.9 Å². The maximum atomic E-state index is 12.7. The van der Waals surface area contributed by atoms with Gasteiger partial charge in [0.2, 0.25) is 0 Å². The van der Waals surface area contributed by atoms with Crippen LogP contribution in [0.5, 0.6) is 5.75 Å². The average Bonchev–Trinajstić information content (AvgIpc) is 2.80. The fourth-order valence-electron chi connectivity index (χ4n) is 3.80. The molecule has 1 aromatic carbocycles. The number of nitrogens with one attached hydrogen (secondary N) is 1. The Labute approximate surface area is 177 Å². The summed E-state index contributed by atoms with van der Waals surface area (Å²) < 4.78 is 17.2. The van der Waals surface area contributed by atoms with Gasteiger partial charge >= 0.3 is 0 Å². The lowest BCUT2D eigenvalue weighted by Gasteiger charge is -2.32. The summed E-state index contributed by atoms with van der Waals surface area (Å²) in [6, 6.07) is 13.5. The minimum Gasteiger partial charge on any atom is -0.489 e. The maximum absolute atomic E-state index is 12.7. The van der Waals surface area contributed by atoms with E-state index in [2.05, 4.69) is 21.3 Å². The van der Waals surface area contributed by atoms with E-state index in [1.807, 2.05) is 36.5 Å². The smallest absolute Gasteiger partial charge is 0.255 e. The molecule has 30 heavy (non-hydrogen) atoms. The molecule has 0 spiro atoms. The van der Waals surface area contributed by atoms with Crippen LogP contribution in [0.4, 0.5) is 0 Å². The van der Waals surface area contributed by atoms with Crippen molar-refractivity contribution in [1.82, 2.24) is 15.2 Å². The second kappa shape index (κ2) is 10.5. The molecular weight excluding hydrogens is 382 g/mol. The van der Waals surface area contributed by atoms with Crippen molar-refractivity contribution < 1.29 is 19.0 Å². The van der Waals surface area contributed by atoms with E-state index in [1.54, 1.807) is 6.07 Å². The van der Waals surface area contributed by atoms with Gasteiger partial charge in [0.25, 0.3) is 5.91 Å². The molecule has 7 nitrogen and oxygen atoms in total. The third-order valence-electron chi connectivity index (χ3n) is 5.45. The minimum absolute atomic E-state index is 0.0980. The van der Waals surface area contributed by atoms with E-state index in [1.165, 1.54) is 0 Å². The number of carbonyl (C=O) groups excluding carboxylic acids is 1. The van der Waals surface area contributed by atoms with Gasteiger partial charge in [-0.15, -0.1) is 0 Å². The predicted molar refractivity (Wildman–Crippen MR) is 112 cm³/mol. The molecular formula is C23H29N3O4. The number of likely N-dealkylation sites (tertiary alicyclic amines) is 1. The lowest BCUT2D eigenvalue weighted by Crippen LogP contribution is -2.40. The first-order chi connectivity index (χ1) is 14.8. The van der Waals surface area contributed by atoms with Crippen molar-refractivity contribution in [3.63, 3.8) is 0 Å². The number of pyridine rings is 1. The van der Waals surface area contributed by atoms with Crippen molar-refractivity contribution >= 4 is 5.91 Å². The van der Waals surface area contributed by atoms with Gasteiger partial charge in [-0.2, -0.15) is 0 Å². The third kappa shape index (κ3) is 5.78. The van der Waals surface area contributed by atoms with Crippen LogP contribution < -0.4 is 10.1 Å². The van der Waals surface area contributed by atoms with Crippen LogP contribution in [0, 0.1) is 0 Å². The van der Waals surface area contributed by atoms with Crippen LogP contribution in [0.1, 0.15) is 28.9 Å². The molecule has 1 amide bonds. The summed E-state index contributed by atoms with van der Waals surface area (Å²) in [5.74, 6) is 0.492. The highest BCUT2D eigenvalue weighted by Gasteiger charge is 2.23. The lowest BCUT2D eigenvalue weighted by molar-refractivity contribution is -0.0855. The SMILES string of the molecule is O=C(NC[C@@H]1COCCO1)c1ccccc1OC1CCN(Cc2ccccn2)CC1. The zero-order valence-corrected chi connectivity index (χ0v) is 17.2. The zero-order chi connectivity index (χ0) is 20.6. The second-order valence-corrected chi connectivity index (χ2v) is 7.69. The molecule has 1 aromatic heterocycles. The standard InChI is InChI=1S/C23H29N3O4/c27-23(25-15-20-17-28-13-14-29-20)21-6-1-2-7-22(21)30-19-8-11-26(12-9-19)16-18-5-3-4-10-24-18/h1-7,10,19-20H,8-9,11-17H2,(H,25,27)/t20-/m1/s1. The van der Waals surface area contributed by atoms with E-state index in [0.717, 1.165) is 38.2 Å². The molecule has 2 aliphatic rings. The number of piperidine rings is 1. The Morgan fingerprint density at radius 2 is 1.97 bits per heavy atom. The molecule has 160 valence electrons. The number of para-hydroxylation sites is 1. The van der Waals surface area contributed by atoms with Gasteiger partial charge in [0, 0.05) is 32.4 Å². The Kier molecular flexibility index (Phi) is 7.29. The van der Waals surface area contributed by atoms with Crippen molar-refractivity contribution in [1.29, 1.82) is 0 Å². The van der Waals surface area contributed by atoms with Crippen LogP contribution >= 0.6 is 0 Å². The first-order valence-corrected chi connectivity index (χ1v) is 10.6. The summed E-state index contributed by atoms with van der Waals surface area (Å²) in [6.45, 7) is 4.89. The number of amides is 1. The van der Waals surface area contributed by atoms with E-state index in [9.17, 15) is 4.79 Å². The van der Waals surface area contributed by atoms with E-state index in [0.29, 0.717) is 37.7 Å². The van der Waals surface area contributed by atoms with Crippen LogP contribution in [0.25, 0.3) is 0 Å². The first-order valence-electron chi connectivity index (χ1n) is 10.6. The molecule has 1 atom stereocenters. The van der Waals surface area contributed by atoms with Gasteiger partial charge in [-0.05, 0) is 37.1 Å².